The highest BCUT2D eigenvalue weighted by Crippen LogP contribution is 2.39. The molecule has 0 saturated heterocycles. The predicted molar refractivity (Wildman–Crippen MR) is 101 cm³/mol. The van der Waals surface area contributed by atoms with Gasteiger partial charge in [-0.2, -0.15) is 0 Å². The van der Waals surface area contributed by atoms with Crippen molar-refractivity contribution >= 4 is 23.0 Å². The topological polar surface area (TPSA) is 62.1 Å². The van der Waals surface area contributed by atoms with Gasteiger partial charge >= 0.3 is 0 Å². The van der Waals surface area contributed by atoms with Crippen molar-refractivity contribution in [3.05, 3.63) is 69.6 Å². The van der Waals surface area contributed by atoms with E-state index in [-0.39, 0.29) is 11.4 Å². The monoisotopic (exact) mass is 371 g/mol. The number of amides is 1. The van der Waals surface area contributed by atoms with Gasteiger partial charge in [-0.25, -0.2) is 0 Å². The summed E-state index contributed by atoms with van der Waals surface area (Å²) in [6.07, 6.45) is 0.797. The molecule has 2 aromatic rings. The molecule has 0 unspecified atom stereocenters. The number of quaternary nitrogens is 1. The summed E-state index contributed by atoms with van der Waals surface area (Å²) in [7, 11) is 4.11. The Hall–Kier alpha value is -2.44. The number of aliphatic hydroxyl groups is 1. The molecule has 2 N–H and O–H groups in total. The van der Waals surface area contributed by atoms with Gasteiger partial charge in [-0.3, -0.25) is 9.59 Å². The Labute approximate surface area is 157 Å². The molecule has 6 heteroatoms. The third kappa shape index (κ3) is 3.57. The van der Waals surface area contributed by atoms with Crippen LogP contribution in [0.5, 0.6) is 0 Å². The lowest BCUT2D eigenvalue weighted by Gasteiger charge is -2.26. The lowest BCUT2D eigenvalue weighted by atomic mass is 9.95. The summed E-state index contributed by atoms with van der Waals surface area (Å²) in [4.78, 5) is 29.1. The zero-order valence-corrected chi connectivity index (χ0v) is 15.8. The maximum absolute atomic E-state index is 13.0. The van der Waals surface area contributed by atoms with E-state index in [0.29, 0.717) is 11.4 Å². The Morgan fingerprint density at radius 1 is 1.19 bits per heavy atom. The standard InChI is InChI=1S/C20H22N2O3S/c1-21(2)11-7-12-22-17(14-8-4-3-5-9-14)16(19(24)20(22)25)18(23)15-10-6-13-26-15/h3-6,8-10,13,17,24H,7,11-12H2,1-2H3/p+1/t17-/m1/s1. The number of hydrogen-bond acceptors (Lipinski definition) is 4. The minimum Gasteiger partial charge on any atom is -0.503 e. The van der Waals surface area contributed by atoms with E-state index in [1.165, 1.54) is 16.2 Å². The van der Waals surface area contributed by atoms with E-state index < -0.39 is 17.7 Å². The molecule has 0 fully saturated rings. The van der Waals surface area contributed by atoms with Gasteiger partial charge in [0.25, 0.3) is 5.91 Å². The molecular weight excluding hydrogens is 348 g/mol. The Morgan fingerprint density at radius 2 is 1.92 bits per heavy atom. The first-order valence-corrected chi connectivity index (χ1v) is 9.55. The summed E-state index contributed by atoms with van der Waals surface area (Å²) in [5, 5.41) is 12.3. The number of benzene rings is 1. The number of nitrogens with zero attached hydrogens (tertiary/aromatic N) is 1. The van der Waals surface area contributed by atoms with Crippen LogP contribution >= 0.6 is 11.3 Å². The molecule has 0 saturated carbocycles. The summed E-state index contributed by atoms with van der Waals surface area (Å²) < 4.78 is 0. The first-order chi connectivity index (χ1) is 12.5. The lowest BCUT2D eigenvalue weighted by molar-refractivity contribution is -0.858. The van der Waals surface area contributed by atoms with Crippen LogP contribution in [-0.2, 0) is 4.79 Å². The largest absolute Gasteiger partial charge is 0.503 e. The van der Waals surface area contributed by atoms with Crippen LogP contribution < -0.4 is 4.90 Å². The smallest absolute Gasteiger partial charge is 0.290 e. The molecule has 1 aliphatic heterocycles. The van der Waals surface area contributed by atoms with Crippen molar-refractivity contribution in [2.45, 2.75) is 12.5 Å². The second-order valence-electron chi connectivity index (χ2n) is 6.69. The maximum atomic E-state index is 13.0. The van der Waals surface area contributed by atoms with Crippen molar-refractivity contribution in [1.82, 2.24) is 4.90 Å². The molecule has 26 heavy (non-hydrogen) atoms. The van der Waals surface area contributed by atoms with E-state index in [4.69, 9.17) is 0 Å². The van der Waals surface area contributed by atoms with Crippen LogP contribution in [0.1, 0.15) is 27.7 Å². The second-order valence-corrected chi connectivity index (χ2v) is 7.64. The Balaban J connectivity index is 1.97. The summed E-state index contributed by atoms with van der Waals surface area (Å²) in [6, 6.07) is 12.4. The van der Waals surface area contributed by atoms with Crippen molar-refractivity contribution in [1.29, 1.82) is 0 Å². The molecule has 3 rings (SSSR count). The Kier molecular flexibility index (Phi) is 5.54. The molecule has 136 valence electrons. The first kappa shape index (κ1) is 18.4. The minimum absolute atomic E-state index is 0.181. The van der Waals surface area contributed by atoms with Crippen LogP contribution in [0.3, 0.4) is 0 Å². The predicted octanol–water partition coefficient (Wildman–Crippen LogP) is 1.86. The van der Waals surface area contributed by atoms with Crippen LogP contribution in [0.25, 0.3) is 0 Å². The molecule has 0 bridgehead atoms. The highest BCUT2D eigenvalue weighted by atomic mass is 32.1. The van der Waals surface area contributed by atoms with Gasteiger partial charge in [0, 0.05) is 13.0 Å². The van der Waals surface area contributed by atoms with Crippen LogP contribution in [-0.4, -0.2) is 48.9 Å². The number of hydrogen-bond donors (Lipinski definition) is 2. The average molecular weight is 371 g/mol. The van der Waals surface area contributed by atoms with Gasteiger partial charge in [0.2, 0.25) is 5.78 Å². The van der Waals surface area contributed by atoms with E-state index in [1.54, 1.807) is 17.0 Å². The van der Waals surface area contributed by atoms with Crippen molar-refractivity contribution in [2.24, 2.45) is 0 Å². The van der Waals surface area contributed by atoms with Crippen LogP contribution in [0.4, 0.5) is 0 Å². The summed E-state index contributed by atoms with van der Waals surface area (Å²) in [5.41, 5.74) is 1.02. The molecule has 0 radical (unpaired) electrons. The normalized spacial score (nSPS) is 17.4. The number of thiophene rings is 1. The fourth-order valence-electron chi connectivity index (χ4n) is 3.24. The molecule has 0 aliphatic carbocycles. The number of nitrogens with one attached hydrogen (secondary N) is 1. The molecular formula is C20H23N2O3S+. The first-order valence-electron chi connectivity index (χ1n) is 8.67. The van der Waals surface area contributed by atoms with Crippen molar-refractivity contribution in [3.63, 3.8) is 0 Å². The lowest BCUT2D eigenvalue weighted by Crippen LogP contribution is -3.05. The van der Waals surface area contributed by atoms with Gasteiger partial charge in [0.15, 0.2) is 5.76 Å². The SMILES string of the molecule is C[NH+](C)CCCN1C(=O)C(O)=C(C(=O)c2cccs2)[C@H]1c1ccccc1. The van der Waals surface area contributed by atoms with Crippen LogP contribution in [0, 0.1) is 0 Å². The van der Waals surface area contributed by atoms with Gasteiger partial charge in [-0.15, -0.1) is 11.3 Å². The number of Topliss-reactive ketones (excluding diaryl/α,β-unsaturated/α-hetero) is 1. The quantitative estimate of drug-likeness (QED) is 0.731. The number of rotatable bonds is 7. The highest BCUT2D eigenvalue weighted by molar-refractivity contribution is 7.12. The molecule has 1 aromatic heterocycles. The van der Waals surface area contributed by atoms with Crippen molar-refractivity contribution < 1.29 is 19.6 Å². The van der Waals surface area contributed by atoms with Gasteiger partial charge in [0.1, 0.15) is 0 Å². The second kappa shape index (κ2) is 7.85. The third-order valence-electron chi connectivity index (χ3n) is 4.48. The van der Waals surface area contributed by atoms with Crippen LogP contribution in [0.2, 0.25) is 0 Å². The number of ketones is 1. The molecule has 2 heterocycles. The number of aliphatic hydroxyl groups excluding tert-OH is 1. The summed E-state index contributed by atoms with van der Waals surface area (Å²) in [6.45, 7) is 1.40. The van der Waals surface area contributed by atoms with E-state index in [1.807, 2.05) is 35.7 Å². The molecule has 1 aromatic carbocycles. The molecule has 1 atom stereocenters. The molecule has 5 nitrogen and oxygen atoms in total. The van der Waals surface area contributed by atoms with E-state index in [2.05, 4.69) is 14.1 Å². The zero-order chi connectivity index (χ0) is 18.7. The van der Waals surface area contributed by atoms with Gasteiger partial charge in [-0.1, -0.05) is 36.4 Å². The number of carbonyl (C=O) groups is 2. The Morgan fingerprint density at radius 3 is 2.54 bits per heavy atom. The molecule has 1 amide bonds. The third-order valence-corrected chi connectivity index (χ3v) is 5.35. The van der Waals surface area contributed by atoms with E-state index in [9.17, 15) is 14.7 Å². The van der Waals surface area contributed by atoms with Gasteiger partial charge in [0.05, 0.1) is 37.1 Å². The number of carbonyl (C=O) groups excluding carboxylic acids is 2. The average Bonchev–Trinajstić information content (AvgIpc) is 3.24. The van der Waals surface area contributed by atoms with Crippen molar-refractivity contribution in [3.8, 4) is 0 Å². The van der Waals surface area contributed by atoms with Gasteiger partial charge < -0.3 is 14.9 Å². The Bertz CT molecular complexity index is 813. The summed E-state index contributed by atoms with van der Waals surface area (Å²) in [5.74, 6) is -1.16. The highest BCUT2D eigenvalue weighted by Gasteiger charge is 2.43. The van der Waals surface area contributed by atoms with E-state index >= 15 is 0 Å². The maximum Gasteiger partial charge on any atom is 0.290 e. The fraction of sp³-hybridized carbons (Fsp3) is 0.300. The zero-order valence-electron chi connectivity index (χ0n) is 14.9. The van der Waals surface area contributed by atoms with Crippen molar-refractivity contribution in [2.75, 3.05) is 27.2 Å². The van der Waals surface area contributed by atoms with E-state index in [0.717, 1.165) is 18.5 Å². The minimum atomic E-state index is -0.546. The molecule has 0 spiro atoms. The summed E-state index contributed by atoms with van der Waals surface area (Å²) >= 11 is 1.31. The fourth-order valence-corrected chi connectivity index (χ4v) is 3.92. The van der Waals surface area contributed by atoms with Gasteiger partial charge in [-0.05, 0) is 17.0 Å². The molecule has 1 aliphatic rings. The van der Waals surface area contributed by atoms with Crippen LogP contribution in [0.15, 0.2) is 59.2 Å².